The minimum absolute atomic E-state index is 0.00469. The van der Waals surface area contributed by atoms with Crippen LogP contribution in [0.1, 0.15) is 0 Å². The molecule has 0 unspecified atom stereocenters. The first-order valence-corrected chi connectivity index (χ1v) is 17.2. The molecule has 0 saturated heterocycles. The zero-order valence-corrected chi connectivity index (χ0v) is 26.7. The fourth-order valence-electron chi connectivity index (χ4n) is 4.04. The Morgan fingerprint density at radius 3 is 1.49 bits per heavy atom. The number of hydrogen-bond acceptors (Lipinski definition) is 5. The minimum atomic E-state index is -8.98. The van der Waals surface area contributed by atoms with E-state index in [2.05, 4.69) is 2.51 Å². The molecule has 0 radical (unpaired) electrons. The standard InChI is InChI=1S/C27H12F17IO5S/c28-20(29,22(32,33)24(36,37)26(40,41)42)21(30,31)23(34,35)25(38,39)27(43,44)51(47,48)50-45(13-6-2-1-3-7-13)14-10-11-18-16(12-14)19(46)15-8-4-5-9-17(15)49-18/h1-12H. The van der Waals surface area contributed by atoms with Crippen molar-refractivity contribution < 1.29 is 90.0 Å². The van der Waals surface area contributed by atoms with E-state index in [1.807, 2.05) is 0 Å². The number of hydrogen-bond donors (Lipinski definition) is 0. The topological polar surface area (TPSA) is 73.6 Å². The van der Waals surface area contributed by atoms with E-state index in [1.54, 1.807) is 0 Å². The summed E-state index contributed by atoms with van der Waals surface area (Å²) >= 11 is -4.89. The number of halogens is 18. The van der Waals surface area contributed by atoms with E-state index in [1.165, 1.54) is 30.3 Å². The average molecular weight is 898 g/mol. The third-order valence-electron chi connectivity index (χ3n) is 6.82. The average Bonchev–Trinajstić information content (AvgIpc) is 3.03. The van der Waals surface area contributed by atoms with Crippen LogP contribution in [0.2, 0.25) is 0 Å². The van der Waals surface area contributed by atoms with Crippen molar-refractivity contribution >= 4 is 52.3 Å². The van der Waals surface area contributed by atoms with Crippen molar-refractivity contribution in [2.24, 2.45) is 0 Å². The van der Waals surface area contributed by atoms with Crippen LogP contribution in [0.25, 0.3) is 21.9 Å². The molecular weight excluding hydrogens is 886 g/mol. The molecule has 0 amide bonds. The molecular formula is C27H12F17IO5S. The van der Waals surface area contributed by atoms with Gasteiger partial charge in [0.25, 0.3) is 0 Å². The van der Waals surface area contributed by atoms with Crippen LogP contribution < -0.4 is 5.43 Å². The van der Waals surface area contributed by atoms with Crippen LogP contribution in [0.15, 0.2) is 82.0 Å². The maximum atomic E-state index is 14.9. The number of para-hydroxylation sites is 1. The Hall–Kier alpha value is -3.42. The number of alkyl halides is 17. The van der Waals surface area contributed by atoms with Crippen LogP contribution in [-0.4, -0.2) is 55.4 Å². The Labute approximate surface area is 279 Å². The summed E-state index contributed by atoms with van der Waals surface area (Å²) in [6, 6.07) is 13.0. The van der Waals surface area contributed by atoms with Crippen LogP contribution in [0.5, 0.6) is 0 Å². The molecule has 1 aromatic heterocycles. The molecule has 4 aromatic rings. The van der Waals surface area contributed by atoms with Gasteiger partial charge in [-0.05, 0) is 0 Å². The second kappa shape index (κ2) is 12.3. The van der Waals surface area contributed by atoms with Crippen LogP contribution >= 0.6 is 20.2 Å². The SMILES string of the molecule is O=c1c2ccccc2oc2ccc(I(OS(=O)(=O)C(F)(F)C(F)(F)C(F)(F)C(F)(F)C(F)(F)C(F)(F)C(F)(F)C(F)(F)F)c3ccccc3)cc12. The van der Waals surface area contributed by atoms with Gasteiger partial charge in [0.1, 0.15) is 0 Å². The zero-order valence-electron chi connectivity index (χ0n) is 23.7. The van der Waals surface area contributed by atoms with E-state index < -0.39 is 95.3 Å². The van der Waals surface area contributed by atoms with E-state index in [4.69, 9.17) is 4.42 Å². The molecule has 24 heteroatoms. The van der Waals surface area contributed by atoms with Gasteiger partial charge in [-0.15, -0.1) is 0 Å². The number of benzene rings is 3. The first kappa shape index (κ1) is 40.4. The zero-order chi connectivity index (χ0) is 39.0. The van der Waals surface area contributed by atoms with Crippen molar-refractivity contribution in [2.75, 3.05) is 0 Å². The second-order valence-corrected chi connectivity index (χ2v) is 16.6. The van der Waals surface area contributed by atoms with E-state index >= 15 is 0 Å². The summed E-state index contributed by atoms with van der Waals surface area (Å²) in [4.78, 5) is 13.0. The molecule has 5 nitrogen and oxygen atoms in total. The van der Waals surface area contributed by atoms with E-state index in [0.29, 0.717) is 0 Å². The summed E-state index contributed by atoms with van der Waals surface area (Å²) in [5, 5.41) is -8.41. The van der Waals surface area contributed by atoms with Crippen molar-refractivity contribution in [3.63, 3.8) is 0 Å². The molecule has 282 valence electrons. The molecule has 0 spiro atoms. The van der Waals surface area contributed by atoms with Crippen LogP contribution in [0, 0.1) is 7.14 Å². The first-order chi connectivity index (χ1) is 22.9. The van der Waals surface area contributed by atoms with Gasteiger partial charge in [-0.2, -0.15) is 0 Å². The first-order valence-electron chi connectivity index (χ1n) is 12.8. The van der Waals surface area contributed by atoms with Crippen molar-refractivity contribution in [3.8, 4) is 0 Å². The van der Waals surface area contributed by atoms with E-state index in [9.17, 15) is 87.8 Å². The molecule has 0 N–H and O–H groups in total. The molecule has 0 saturated carbocycles. The quantitative estimate of drug-likeness (QED) is 0.0853. The molecule has 51 heavy (non-hydrogen) atoms. The third-order valence-corrected chi connectivity index (χ3v) is 14.1. The monoisotopic (exact) mass is 898 g/mol. The van der Waals surface area contributed by atoms with E-state index in [0.717, 1.165) is 42.5 Å². The molecule has 0 fully saturated rings. The van der Waals surface area contributed by atoms with Gasteiger partial charge in [0.15, 0.2) is 0 Å². The van der Waals surface area contributed by atoms with Crippen LogP contribution in [0.3, 0.4) is 0 Å². The summed E-state index contributed by atoms with van der Waals surface area (Å²) in [5.74, 6) is -52.4. The maximum absolute atomic E-state index is 14.9. The summed E-state index contributed by atoms with van der Waals surface area (Å²) in [6.45, 7) is 0. The normalized spacial score (nSPS) is 15.0. The second-order valence-electron chi connectivity index (χ2n) is 10.1. The van der Waals surface area contributed by atoms with Gasteiger partial charge in [0.2, 0.25) is 0 Å². The molecule has 0 bridgehead atoms. The molecule has 0 aliphatic rings. The molecule has 3 aromatic carbocycles. The molecule has 0 aliphatic heterocycles. The number of fused-ring (bicyclic) bond motifs is 2. The Kier molecular flexibility index (Phi) is 9.76. The Bertz CT molecular complexity index is 2120. The van der Waals surface area contributed by atoms with Crippen molar-refractivity contribution in [2.45, 2.75) is 47.0 Å². The Balaban J connectivity index is 1.84. The number of rotatable bonds is 11. The Morgan fingerprint density at radius 1 is 0.510 bits per heavy atom. The van der Waals surface area contributed by atoms with Crippen molar-refractivity contribution in [3.05, 3.63) is 90.2 Å². The molecule has 0 aliphatic carbocycles. The van der Waals surface area contributed by atoms with Gasteiger partial charge in [0.05, 0.1) is 0 Å². The predicted octanol–water partition coefficient (Wildman–Crippen LogP) is 9.72. The van der Waals surface area contributed by atoms with Gasteiger partial charge >= 0.3 is 279 Å². The summed E-state index contributed by atoms with van der Waals surface area (Å²) in [6.07, 6.45) is -7.94. The van der Waals surface area contributed by atoms with Gasteiger partial charge in [-0.3, -0.25) is 0 Å². The fraction of sp³-hybridized carbons (Fsp3) is 0.296. The summed E-state index contributed by atoms with van der Waals surface area (Å²) < 4.78 is 268. The van der Waals surface area contributed by atoms with Gasteiger partial charge < -0.3 is 0 Å². The Morgan fingerprint density at radius 2 is 0.961 bits per heavy atom. The molecule has 0 atom stereocenters. The van der Waals surface area contributed by atoms with Gasteiger partial charge in [-0.1, -0.05) is 0 Å². The van der Waals surface area contributed by atoms with Gasteiger partial charge in [0, 0.05) is 0 Å². The predicted molar refractivity (Wildman–Crippen MR) is 149 cm³/mol. The molecule has 4 rings (SSSR count). The summed E-state index contributed by atoms with van der Waals surface area (Å²) in [5.41, 5.74) is -1.10. The third kappa shape index (κ3) is 5.87. The fourth-order valence-corrected chi connectivity index (χ4v) is 11.1. The van der Waals surface area contributed by atoms with Gasteiger partial charge in [-0.25, -0.2) is 0 Å². The van der Waals surface area contributed by atoms with Crippen molar-refractivity contribution in [1.29, 1.82) is 0 Å². The van der Waals surface area contributed by atoms with E-state index in [-0.39, 0.29) is 16.6 Å². The van der Waals surface area contributed by atoms with Crippen LogP contribution in [-0.2, 0) is 12.6 Å². The summed E-state index contributed by atoms with van der Waals surface area (Å²) in [7, 11) is -7.88. The van der Waals surface area contributed by atoms with Crippen molar-refractivity contribution in [1.82, 2.24) is 0 Å². The van der Waals surface area contributed by atoms with Crippen LogP contribution in [0.4, 0.5) is 74.6 Å². The molecule has 1 heterocycles.